The third-order valence-corrected chi connectivity index (χ3v) is 5.62. The number of hydrogen-bond donors (Lipinski definition) is 1. The summed E-state index contributed by atoms with van der Waals surface area (Å²) in [6.07, 6.45) is 2.56. The summed E-state index contributed by atoms with van der Waals surface area (Å²) in [5.74, 6) is 1.64. The van der Waals surface area contributed by atoms with E-state index < -0.39 is 6.10 Å². The average molecular weight is 306 g/mol. The predicted octanol–water partition coefficient (Wildman–Crippen LogP) is 2.00. The first-order chi connectivity index (χ1) is 10.2. The first-order valence-electron chi connectivity index (χ1n) is 7.41. The van der Waals surface area contributed by atoms with Gasteiger partial charge in [-0.25, -0.2) is 0 Å². The minimum atomic E-state index is -0.555. The molecule has 0 unspecified atom stereocenters. The number of benzene rings is 1. The predicted molar refractivity (Wildman–Crippen MR) is 77.9 cm³/mol. The fourth-order valence-corrected chi connectivity index (χ4v) is 4.64. The number of fused-ring (bicyclic) bond motifs is 3. The van der Waals surface area contributed by atoms with Crippen molar-refractivity contribution in [2.24, 2.45) is 0 Å². The van der Waals surface area contributed by atoms with Gasteiger partial charge in [0.25, 0.3) is 0 Å². The van der Waals surface area contributed by atoms with Gasteiger partial charge in [0.05, 0.1) is 11.5 Å². The first-order valence-corrected chi connectivity index (χ1v) is 7.85. The van der Waals surface area contributed by atoms with Crippen molar-refractivity contribution < 1.29 is 14.6 Å². The van der Waals surface area contributed by atoms with Crippen molar-refractivity contribution in [3.8, 4) is 11.5 Å². The number of halogens is 1. The zero-order valence-electron chi connectivity index (χ0n) is 11.5. The van der Waals surface area contributed by atoms with Crippen molar-refractivity contribution in [3.05, 3.63) is 34.9 Å². The molecule has 0 aromatic heterocycles. The summed E-state index contributed by atoms with van der Waals surface area (Å²) < 4.78 is 11.0. The molecule has 0 bridgehead atoms. The molecule has 1 aromatic rings. The standard InChI is InChI=1S/C16H16ClNO3/c17-11-3-8-1-2-18-6-9-4-12-13(21-7-20-12)5-10(9)14(15(8)18)16(11)19/h3-5,11,14-16,19H,1-2,6-7H2/t11-,14-,15+,16+/m0/s1. The lowest BCUT2D eigenvalue weighted by atomic mass is 9.74. The molecule has 5 rings (SSSR count). The number of aliphatic hydroxyl groups is 1. The minimum absolute atomic E-state index is 0.0354. The lowest BCUT2D eigenvalue weighted by Crippen LogP contribution is -2.48. The maximum Gasteiger partial charge on any atom is 0.231 e. The van der Waals surface area contributed by atoms with Crippen LogP contribution in [0.15, 0.2) is 23.8 Å². The van der Waals surface area contributed by atoms with Crippen LogP contribution in [0.3, 0.4) is 0 Å². The minimum Gasteiger partial charge on any atom is -0.454 e. The second-order valence-electron chi connectivity index (χ2n) is 6.27. The molecule has 0 amide bonds. The molecule has 4 atom stereocenters. The van der Waals surface area contributed by atoms with E-state index in [1.807, 2.05) is 6.07 Å². The molecule has 21 heavy (non-hydrogen) atoms. The van der Waals surface area contributed by atoms with Crippen LogP contribution in [0.1, 0.15) is 23.5 Å². The smallest absolute Gasteiger partial charge is 0.231 e. The fraction of sp³-hybridized carbons (Fsp3) is 0.500. The quantitative estimate of drug-likeness (QED) is 0.588. The Bertz CT molecular complexity index is 659. The molecule has 1 saturated heterocycles. The molecule has 110 valence electrons. The summed E-state index contributed by atoms with van der Waals surface area (Å²) in [5, 5.41) is 10.3. The van der Waals surface area contributed by atoms with E-state index in [9.17, 15) is 5.11 Å². The Hall–Kier alpha value is -1.23. The highest BCUT2D eigenvalue weighted by molar-refractivity contribution is 6.22. The highest BCUT2D eigenvalue weighted by Crippen LogP contribution is 2.50. The summed E-state index contributed by atoms with van der Waals surface area (Å²) in [6.45, 7) is 2.23. The number of nitrogens with zero attached hydrogens (tertiary/aromatic N) is 1. The maximum atomic E-state index is 10.7. The fourth-order valence-electron chi connectivity index (χ4n) is 4.32. The first kappa shape index (κ1) is 12.3. The molecule has 0 spiro atoms. The Morgan fingerprint density at radius 3 is 2.90 bits per heavy atom. The SMILES string of the molecule is O[C@H]1[C@H]2c3cc4c(cc3CN3CCC(=C[C@@H]1Cl)[C@H]23)OCO4. The van der Waals surface area contributed by atoms with E-state index in [0.717, 1.165) is 31.0 Å². The number of aliphatic hydroxyl groups excluding tert-OH is 1. The highest BCUT2D eigenvalue weighted by Gasteiger charge is 2.48. The van der Waals surface area contributed by atoms with Crippen LogP contribution in [0, 0.1) is 0 Å². The van der Waals surface area contributed by atoms with Gasteiger partial charge in [0.1, 0.15) is 0 Å². The third-order valence-electron chi connectivity index (χ3n) is 5.24. The molecule has 1 fully saturated rings. The molecule has 1 aromatic carbocycles. The zero-order chi connectivity index (χ0) is 14.1. The zero-order valence-corrected chi connectivity index (χ0v) is 12.2. The summed E-state index contributed by atoms with van der Waals surface area (Å²) in [6, 6.07) is 4.41. The molecule has 3 heterocycles. The molecule has 4 aliphatic rings. The Morgan fingerprint density at radius 2 is 2.05 bits per heavy atom. The summed E-state index contributed by atoms with van der Waals surface area (Å²) in [5.41, 5.74) is 3.78. The van der Waals surface area contributed by atoms with Gasteiger partial charge in [-0.1, -0.05) is 11.6 Å². The number of alkyl halides is 1. The van der Waals surface area contributed by atoms with Gasteiger partial charge in [-0.3, -0.25) is 4.90 Å². The van der Waals surface area contributed by atoms with Crippen LogP contribution in [-0.4, -0.2) is 40.9 Å². The topological polar surface area (TPSA) is 41.9 Å². The van der Waals surface area contributed by atoms with Crippen molar-refractivity contribution in [1.29, 1.82) is 0 Å². The average Bonchev–Trinajstić information content (AvgIpc) is 3.08. The highest BCUT2D eigenvalue weighted by atomic mass is 35.5. The largest absolute Gasteiger partial charge is 0.454 e. The van der Waals surface area contributed by atoms with Crippen molar-refractivity contribution in [2.45, 2.75) is 36.4 Å². The monoisotopic (exact) mass is 305 g/mol. The van der Waals surface area contributed by atoms with E-state index in [1.165, 1.54) is 16.7 Å². The van der Waals surface area contributed by atoms with Crippen LogP contribution < -0.4 is 9.47 Å². The van der Waals surface area contributed by atoms with E-state index in [2.05, 4.69) is 17.0 Å². The van der Waals surface area contributed by atoms with E-state index in [-0.39, 0.29) is 18.1 Å². The van der Waals surface area contributed by atoms with Gasteiger partial charge in [0.2, 0.25) is 6.79 Å². The normalized spacial score (nSPS) is 36.2. The second-order valence-corrected chi connectivity index (χ2v) is 6.78. The van der Waals surface area contributed by atoms with E-state index in [0.29, 0.717) is 6.04 Å². The van der Waals surface area contributed by atoms with Gasteiger partial charge in [-0.15, -0.1) is 11.6 Å². The van der Waals surface area contributed by atoms with Gasteiger partial charge in [-0.05, 0) is 29.7 Å². The molecule has 3 aliphatic heterocycles. The van der Waals surface area contributed by atoms with E-state index in [1.54, 1.807) is 0 Å². The Morgan fingerprint density at radius 1 is 1.24 bits per heavy atom. The number of ether oxygens (including phenoxy) is 2. The molecule has 5 heteroatoms. The van der Waals surface area contributed by atoms with Crippen LogP contribution in [0.4, 0.5) is 0 Å². The third kappa shape index (κ3) is 1.58. The molecule has 1 aliphatic carbocycles. The van der Waals surface area contributed by atoms with Crippen LogP contribution >= 0.6 is 11.6 Å². The van der Waals surface area contributed by atoms with Gasteiger partial charge in [-0.2, -0.15) is 0 Å². The van der Waals surface area contributed by atoms with Crippen LogP contribution in [0.25, 0.3) is 0 Å². The van der Waals surface area contributed by atoms with Gasteiger partial charge >= 0.3 is 0 Å². The molecule has 0 saturated carbocycles. The summed E-state index contributed by atoms with van der Waals surface area (Å²) in [4.78, 5) is 2.45. The molecule has 0 radical (unpaired) electrons. The number of hydrogen-bond acceptors (Lipinski definition) is 4. The van der Waals surface area contributed by atoms with Crippen molar-refractivity contribution in [1.82, 2.24) is 4.90 Å². The summed E-state index contributed by atoms with van der Waals surface area (Å²) >= 11 is 6.36. The van der Waals surface area contributed by atoms with Crippen molar-refractivity contribution in [2.75, 3.05) is 13.3 Å². The van der Waals surface area contributed by atoms with Gasteiger partial charge in [0.15, 0.2) is 11.5 Å². The Balaban J connectivity index is 1.70. The molecule has 1 N–H and O–H groups in total. The van der Waals surface area contributed by atoms with Crippen LogP contribution in [0.2, 0.25) is 0 Å². The van der Waals surface area contributed by atoms with Gasteiger partial charge in [0, 0.05) is 25.0 Å². The number of rotatable bonds is 0. The van der Waals surface area contributed by atoms with Crippen molar-refractivity contribution in [3.63, 3.8) is 0 Å². The maximum absolute atomic E-state index is 10.7. The van der Waals surface area contributed by atoms with E-state index in [4.69, 9.17) is 21.1 Å². The van der Waals surface area contributed by atoms with Gasteiger partial charge < -0.3 is 14.6 Å². The van der Waals surface area contributed by atoms with Crippen molar-refractivity contribution >= 4 is 11.6 Å². The molecule has 4 nitrogen and oxygen atoms in total. The lowest BCUT2D eigenvalue weighted by molar-refractivity contribution is 0.0853. The Kier molecular flexibility index (Phi) is 2.44. The Labute approximate surface area is 127 Å². The van der Waals surface area contributed by atoms with E-state index >= 15 is 0 Å². The second kappa shape index (κ2) is 4.15. The molecular weight excluding hydrogens is 290 g/mol. The van der Waals surface area contributed by atoms with Crippen LogP contribution in [0.5, 0.6) is 11.5 Å². The lowest BCUT2D eigenvalue weighted by Gasteiger charge is -2.44. The van der Waals surface area contributed by atoms with Crippen LogP contribution in [-0.2, 0) is 6.54 Å². The summed E-state index contributed by atoms with van der Waals surface area (Å²) in [7, 11) is 0. The molecular formula is C16H16ClNO3.